The fourth-order valence-electron chi connectivity index (χ4n) is 2.28. The number of hydrogen-bond acceptors (Lipinski definition) is 2. The highest BCUT2D eigenvalue weighted by Gasteiger charge is 2.21. The lowest BCUT2D eigenvalue weighted by atomic mass is 9.95. The van der Waals surface area contributed by atoms with E-state index in [1.54, 1.807) is 6.07 Å². The fraction of sp³-hybridized carbons (Fsp3) is 0.500. The van der Waals surface area contributed by atoms with Crippen LogP contribution in [0.5, 0.6) is 5.75 Å². The summed E-state index contributed by atoms with van der Waals surface area (Å²) in [7, 11) is 0. The highest BCUT2D eigenvalue weighted by Crippen LogP contribution is 2.24. The Morgan fingerprint density at radius 1 is 1.30 bits per heavy atom. The number of amides is 1. The summed E-state index contributed by atoms with van der Waals surface area (Å²) in [4.78, 5) is 12.6. The number of carbonyl (C=O) groups excluding carboxylic acids is 1. The molecule has 0 bridgehead atoms. The molecule has 1 aliphatic carbocycles. The number of rotatable bonds is 4. The molecule has 0 spiro atoms. The molecule has 110 valence electrons. The molecule has 0 aliphatic heterocycles. The monoisotopic (exact) mass is 347 g/mol. The third-order valence-electron chi connectivity index (χ3n) is 3.31. The number of benzene rings is 1. The van der Waals surface area contributed by atoms with Crippen molar-refractivity contribution in [1.29, 1.82) is 0 Å². The molecule has 0 heterocycles. The molecule has 1 saturated carbocycles. The van der Waals surface area contributed by atoms with Gasteiger partial charge in [0.05, 0.1) is 0 Å². The number of hydrogen-bond donors (Lipinski definition) is 1. The van der Waals surface area contributed by atoms with Gasteiger partial charge in [-0.15, -0.1) is 0 Å². The number of halogens is 3. The number of nitrogens with one attached hydrogen (secondary N) is 1. The maximum atomic E-state index is 12.1. The van der Waals surface area contributed by atoms with Gasteiger partial charge < -0.3 is 10.1 Å². The third kappa shape index (κ3) is 4.44. The van der Waals surface area contributed by atoms with Crippen LogP contribution in [0.25, 0.3) is 0 Å². The summed E-state index contributed by atoms with van der Waals surface area (Å²) in [5.74, 6) is -0.250. The zero-order chi connectivity index (χ0) is 14.5. The molecule has 0 radical (unpaired) electrons. The summed E-state index contributed by atoms with van der Waals surface area (Å²) in [5.41, 5.74) is 0.337. The standard InChI is InChI=1S/C14H16BrF2NO2/c15-10-4-6-11(7-5-10)18-13(19)9-2-1-3-12(8-9)20-14(16)17/h1-3,8,10-11,14H,4-7H2,(H,18,19). The zero-order valence-corrected chi connectivity index (χ0v) is 12.4. The smallest absolute Gasteiger partial charge is 0.387 e. The molecule has 2 rings (SSSR count). The van der Waals surface area contributed by atoms with Crippen LogP contribution in [0, 0.1) is 0 Å². The van der Waals surface area contributed by atoms with Crippen molar-refractivity contribution < 1.29 is 18.3 Å². The van der Waals surface area contributed by atoms with E-state index in [1.807, 2.05) is 0 Å². The molecule has 1 amide bonds. The minimum absolute atomic E-state index is 0.00295. The van der Waals surface area contributed by atoms with Crippen LogP contribution in [-0.2, 0) is 0 Å². The van der Waals surface area contributed by atoms with Crippen molar-refractivity contribution in [3.8, 4) is 5.75 Å². The molecule has 1 aromatic rings. The molecule has 6 heteroatoms. The van der Waals surface area contributed by atoms with Gasteiger partial charge in [0.2, 0.25) is 0 Å². The minimum atomic E-state index is -2.89. The molecule has 0 unspecified atom stereocenters. The molecule has 0 saturated heterocycles. The van der Waals surface area contributed by atoms with Crippen LogP contribution in [0.15, 0.2) is 24.3 Å². The Labute approximate surface area is 124 Å². The van der Waals surface area contributed by atoms with E-state index in [9.17, 15) is 13.6 Å². The SMILES string of the molecule is O=C(NC1CCC(Br)CC1)c1cccc(OC(F)F)c1. The lowest BCUT2D eigenvalue weighted by molar-refractivity contribution is -0.0498. The topological polar surface area (TPSA) is 38.3 Å². The Balaban J connectivity index is 1.95. The predicted octanol–water partition coefficient (Wildman–Crippen LogP) is 3.72. The summed E-state index contributed by atoms with van der Waals surface area (Å²) in [6, 6.07) is 6.00. The summed E-state index contributed by atoms with van der Waals surface area (Å²) < 4.78 is 28.6. The van der Waals surface area contributed by atoms with E-state index in [0.29, 0.717) is 10.4 Å². The lowest BCUT2D eigenvalue weighted by Crippen LogP contribution is -2.37. The van der Waals surface area contributed by atoms with Crippen molar-refractivity contribution in [2.24, 2.45) is 0 Å². The van der Waals surface area contributed by atoms with E-state index in [4.69, 9.17) is 0 Å². The Morgan fingerprint density at radius 3 is 2.65 bits per heavy atom. The molecule has 0 atom stereocenters. The first kappa shape index (κ1) is 15.2. The largest absolute Gasteiger partial charge is 0.435 e. The van der Waals surface area contributed by atoms with Crippen LogP contribution >= 0.6 is 15.9 Å². The van der Waals surface area contributed by atoms with Gasteiger partial charge in [-0.25, -0.2) is 0 Å². The molecule has 1 N–H and O–H groups in total. The average molecular weight is 348 g/mol. The molecule has 1 aliphatic rings. The van der Waals surface area contributed by atoms with Crippen LogP contribution in [0.1, 0.15) is 36.0 Å². The van der Waals surface area contributed by atoms with E-state index in [-0.39, 0.29) is 17.7 Å². The van der Waals surface area contributed by atoms with Gasteiger partial charge in [-0.3, -0.25) is 4.79 Å². The summed E-state index contributed by atoms with van der Waals surface area (Å²) in [6.45, 7) is -2.89. The van der Waals surface area contributed by atoms with Gasteiger partial charge in [0.15, 0.2) is 0 Å². The summed E-state index contributed by atoms with van der Waals surface area (Å²) in [6.07, 6.45) is 3.91. The molecule has 3 nitrogen and oxygen atoms in total. The minimum Gasteiger partial charge on any atom is -0.435 e. The van der Waals surface area contributed by atoms with Gasteiger partial charge in [-0.1, -0.05) is 22.0 Å². The average Bonchev–Trinajstić information content (AvgIpc) is 2.41. The van der Waals surface area contributed by atoms with Crippen molar-refractivity contribution in [2.75, 3.05) is 0 Å². The van der Waals surface area contributed by atoms with Crippen molar-refractivity contribution in [2.45, 2.75) is 43.2 Å². The Kier molecular flexibility index (Phi) is 5.34. The first-order valence-corrected chi connectivity index (χ1v) is 7.46. The normalized spacial score (nSPS) is 22.6. The first-order chi connectivity index (χ1) is 9.54. The van der Waals surface area contributed by atoms with Crippen LogP contribution in [0.4, 0.5) is 8.78 Å². The van der Waals surface area contributed by atoms with Crippen molar-refractivity contribution in [1.82, 2.24) is 5.32 Å². The zero-order valence-electron chi connectivity index (χ0n) is 10.8. The van der Waals surface area contributed by atoms with Gasteiger partial charge in [0.25, 0.3) is 5.91 Å². The van der Waals surface area contributed by atoms with E-state index >= 15 is 0 Å². The molecular weight excluding hydrogens is 332 g/mol. The second-order valence-corrected chi connectivity index (χ2v) is 6.12. The van der Waals surface area contributed by atoms with Crippen molar-refractivity contribution >= 4 is 21.8 Å². The summed E-state index contributed by atoms with van der Waals surface area (Å²) in [5, 5.41) is 2.93. The van der Waals surface area contributed by atoms with E-state index in [1.165, 1.54) is 18.2 Å². The third-order valence-corrected chi connectivity index (χ3v) is 4.23. The Bertz CT molecular complexity index is 462. The molecule has 0 aromatic heterocycles. The number of carbonyl (C=O) groups is 1. The van der Waals surface area contributed by atoms with Crippen LogP contribution in [-0.4, -0.2) is 23.4 Å². The van der Waals surface area contributed by atoms with Crippen LogP contribution in [0.2, 0.25) is 0 Å². The predicted molar refractivity (Wildman–Crippen MR) is 75.5 cm³/mol. The van der Waals surface area contributed by atoms with E-state index in [0.717, 1.165) is 25.7 Å². The van der Waals surface area contributed by atoms with Gasteiger partial charge in [-0.05, 0) is 43.9 Å². The Hall–Kier alpha value is -1.17. The molecule has 1 fully saturated rings. The van der Waals surface area contributed by atoms with Gasteiger partial charge in [-0.2, -0.15) is 8.78 Å². The van der Waals surface area contributed by atoms with Crippen molar-refractivity contribution in [3.05, 3.63) is 29.8 Å². The van der Waals surface area contributed by atoms with E-state index < -0.39 is 6.61 Å². The van der Waals surface area contributed by atoms with Crippen LogP contribution in [0.3, 0.4) is 0 Å². The van der Waals surface area contributed by atoms with Gasteiger partial charge in [0.1, 0.15) is 5.75 Å². The second kappa shape index (κ2) is 7.02. The van der Waals surface area contributed by atoms with Crippen molar-refractivity contribution in [3.63, 3.8) is 0 Å². The molecular formula is C14H16BrF2NO2. The quantitative estimate of drug-likeness (QED) is 0.843. The number of ether oxygens (including phenoxy) is 1. The fourth-order valence-corrected chi connectivity index (χ4v) is 2.81. The van der Waals surface area contributed by atoms with Gasteiger partial charge in [0, 0.05) is 16.4 Å². The van der Waals surface area contributed by atoms with Gasteiger partial charge >= 0.3 is 6.61 Å². The lowest BCUT2D eigenvalue weighted by Gasteiger charge is -2.26. The maximum Gasteiger partial charge on any atom is 0.387 e. The highest BCUT2D eigenvalue weighted by atomic mass is 79.9. The highest BCUT2D eigenvalue weighted by molar-refractivity contribution is 9.09. The number of alkyl halides is 3. The maximum absolute atomic E-state index is 12.1. The Morgan fingerprint density at radius 2 is 2.00 bits per heavy atom. The second-order valence-electron chi connectivity index (χ2n) is 4.83. The molecule has 20 heavy (non-hydrogen) atoms. The van der Waals surface area contributed by atoms with Crippen LogP contribution < -0.4 is 10.1 Å². The first-order valence-electron chi connectivity index (χ1n) is 6.54. The van der Waals surface area contributed by atoms with E-state index in [2.05, 4.69) is 26.0 Å². The summed E-state index contributed by atoms with van der Waals surface area (Å²) >= 11 is 3.56. The molecule has 1 aromatic carbocycles.